The molecule has 0 heterocycles. The molecular weight excluding hydrogens is 390 g/mol. The van der Waals surface area contributed by atoms with Crippen LogP contribution in [0.5, 0.6) is 0 Å². The number of ether oxygens (including phenoxy) is 1. The molecule has 2 aromatic rings. The van der Waals surface area contributed by atoms with Crippen molar-refractivity contribution in [2.75, 3.05) is 13.1 Å². The smallest absolute Gasteiger partial charge is 0.338 e. The van der Waals surface area contributed by atoms with Crippen LogP contribution in [0.1, 0.15) is 52.6 Å². The SMILES string of the molecule is CCN(CC)S(=O)(=O)c1ccc(C(=O)O[C@@H](C)C(=O)c2cc(C)ccc2C)cc1. The van der Waals surface area contributed by atoms with E-state index in [1.807, 2.05) is 26.0 Å². The van der Waals surface area contributed by atoms with Gasteiger partial charge in [-0.1, -0.05) is 31.5 Å². The summed E-state index contributed by atoms with van der Waals surface area (Å²) in [6.45, 7) is 9.50. The van der Waals surface area contributed by atoms with Crippen LogP contribution in [-0.2, 0) is 14.8 Å². The molecule has 2 aromatic carbocycles. The monoisotopic (exact) mass is 417 g/mol. The topological polar surface area (TPSA) is 80.8 Å². The standard InChI is InChI=1S/C22H27NO5S/c1-6-23(7-2)29(26,27)19-12-10-18(11-13-19)22(25)28-17(5)21(24)20-14-15(3)8-9-16(20)4/h8-14,17H,6-7H2,1-5H3/t17-/m0/s1. The van der Waals surface area contributed by atoms with E-state index >= 15 is 0 Å². The first kappa shape index (κ1) is 22.8. The lowest BCUT2D eigenvalue weighted by atomic mass is 9.99. The van der Waals surface area contributed by atoms with Gasteiger partial charge in [-0.05, 0) is 56.7 Å². The van der Waals surface area contributed by atoms with Gasteiger partial charge in [0, 0.05) is 18.7 Å². The van der Waals surface area contributed by atoms with Crippen molar-refractivity contribution in [3.8, 4) is 0 Å². The molecule has 2 rings (SSSR count). The second-order valence-corrected chi connectivity index (χ2v) is 8.78. The van der Waals surface area contributed by atoms with Gasteiger partial charge in [-0.2, -0.15) is 4.31 Å². The number of ketones is 1. The molecule has 7 heteroatoms. The van der Waals surface area contributed by atoms with Crippen LogP contribution in [-0.4, -0.2) is 43.7 Å². The molecule has 0 radical (unpaired) electrons. The highest BCUT2D eigenvalue weighted by molar-refractivity contribution is 7.89. The Morgan fingerprint density at radius 1 is 1.00 bits per heavy atom. The third-order valence-electron chi connectivity index (χ3n) is 4.74. The maximum Gasteiger partial charge on any atom is 0.338 e. The third-order valence-corrected chi connectivity index (χ3v) is 6.81. The molecule has 0 N–H and O–H groups in total. The predicted octanol–water partition coefficient (Wildman–Crippen LogP) is 3.76. The van der Waals surface area contributed by atoms with Crippen LogP contribution in [0.2, 0.25) is 0 Å². The van der Waals surface area contributed by atoms with Gasteiger partial charge in [0.2, 0.25) is 15.8 Å². The molecule has 0 spiro atoms. The number of carbonyl (C=O) groups is 2. The van der Waals surface area contributed by atoms with Crippen molar-refractivity contribution in [3.63, 3.8) is 0 Å². The number of sulfonamides is 1. The van der Waals surface area contributed by atoms with Crippen LogP contribution in [0.15, 0.2) is 47.4 Å². The summed E-state index contributed by atoms with van der Waals surface area (Å²) in [5, 5.41) is 0. The van der Waals surface area contributed by atoms with Gasteiger partial charge in [-0.25, -0.2) is 13.2 Å². The summed E-state index contributed by atoms with van der Waals surface area (Å²) in [5.41, 5.74) is 2.46. The maximum absolute atomic E-state index is 12.6. The Balaban J connectivity index is 2.15. The molecule has 0 aliphatic carbocycles. The number of nitrogens with zero attached hydrogens (tertiary/aromatic N) is 1. The van der Waals surface area contributed by atoms with Gasteiger partial charge >= 0.3 is 5.97 Å². The Labute approximate surface area is 172 Å². The number of aryl methyl sites for hydroxylation is 2. The average Bonchev–Trinajstić information content (AvgIpc) is 2.70. The molecule has 0 aromatic heterocycles. The van der Waals surface area contributed by atoms with Crippen molar-refractivity contribution in [1.29, 1.82) is 0 Å². The van der Waals surface area contributed by atoms with Crippen molar-refractivity contribution in [1.82, 2.24) is 4.31 Å². The molecule has 0 amide bonds. The Hall–Kier alpha value is -2.51. The quantitative estimate of drug-likeness (QED) is 0.483. The van der Waals surface area contributed by atoms with Crippen molar-refractivity contribution < 1.29 is 22.7 Å². The van der Waals surface area contributed by atoms with Crippen LogP contribution < -0.4 is 0 Å². The Morgan fingerprint density at radius 3 is 2.14 bits per heavy atom. The summed E-state index contributed by atoms with van der Waals surface area (Å²) in [4.78, 5) is 25.2. The predicted molar refractivity (Wildman–Crippen MR) is 112 cm³/mol. The molecule has 0 aliphatic heterocycles. The van der Waals surface area contributed by atoms with Crippen LogP contribution >= 0.6 is 0 Å². The largest absolute Gasteiger partial charge is 0.451 e. The summed E-state index contributed by atoms with van der Waals surface area (Å²) in [5.74, 6) is -0.955. The molecule has 156 valence electrons. The van der Waals surface area contributed by atoms with E-state index in [2.05, 4.69) is 0 Å². The van der Waals surface area contributed by atoms with Gasteiger partial charge in [0.1, 0.15) is 0 Å². The van der Waals surface area contributed by atoms with Crippen molar-refractivity contribution in [2.24, 2.45) is 0 Å². The van der Waals surface area contributed by atoms with Gasteiger partial charge in [-0.15, -0.1) is 0 Å². The highest BCUT2D eigenvalue weighted by Gasteiger charge is 2.24. The Morgan fingerprint density at radius 2 is 1.59 bits per heavy atom. The lowest BCUT2D eigenvalue weighted by molar-refractivity contribution is 0.0318. The molecule has 0 fully saturated rings. The zero-order valence-corrected chi connectivity index (χ0v) is 18.2. The van der Waals surface area contributed by atoms with Gasteiger partial charge < -0.3 is 4.74 Å². The zero-order valence-electron chi connectivity index (χ0n) is 17.4. The number of rotatable bonds is 8. The number of hydrogen-bond acceptors (Lipinski definition) is 5. The number of esters is 1. The summed E-state index contributed by atoms with van der Waals surface area (Å²) in [7, 11) is -3.60. The first-order valence-corrected chi connectivity index (χ1v) is 11.0. The van der Waals surface area contributed by atoms with E-state index in [0.29, 0.717) is 18.7 Å². The fraction of sp³-hybridized carbons (Fsp3) is 0.364. The Kier molecular flexibility index (Phi) is 7.32. The summed E-state index contributed by atoms with van der Waals surface area (Å²) >= 11 is 0. The van der Waals surface area contributed by atoms with Crippen molar-refractivity contribution in [2.45, 2.75) is 45.6 Å². The molecule has 0 saturated carbocycles. The second-order valence-electron chi connectivity index (χ2n) is 6.84. The molecule has 0 unspecified atom stereocenters. The molecule has 1 atom stereocenters. The van der Waals surface area contributed by atoms with Gasteiger partial charge in [0.15, 0.2) is 6.10 Å². The summed E-state index contributed by atoms with van der Waals surface area (Å²) < 4.78 is 31.7. The number of carbonyl (C=O) groups excluding carboxylic acids is 2. The normalized spacial score (nSPS) is 12.6. The van der Waals surface area contributed by atoms with Crippen molar-refractivity contribution in [3.05, 3.63) is 64.7 Å². The van der Waals surface area contributed by atoms with Gasteiger partial charge in [0.25, 0.3) is 0 Å². The highest BCUT2D eigenvalue weighted by atomic mass is 32.2. The van der Waals surface area contributed by atoms with E-state index in [-0.39, 0.29) is 16.2 Å². The van der Waals surface area contributed by atoms with E-state index in [9.17, 15) is 18.0 Å². The number of benzene rings is 2. The van der Waals surface area contributed by atoms with Gasteiger partial charge in [0.05, 0.1) is 10.5 Å². The fourth-order valence-electron chi connectivity index (χ4n) is 2.98. The van der Waals surface area contributed by atoms with E-state index in [1.54, 1.807) is 19.9 Å². The summed E-state index contributed by atoms with van der Waals surface area (Å²) in [6.07, 6.45) is -0.956. The number of Topliss-reactive ketones (excluding diaryl/α,β-unsaturated/α-hetero) is 1. The highest BCUT2D eigenvalue weighted by Crippen LogP contribution is 2.18. The van der Waals surface area contributed by atoms with Crippen molar-refractivity contribution >= 4 is 21.8 Å². The molecule has 0 aliphatic rings. The second kappa shape index (κ2) is 9.33. The average molecular weight is 418 g/mol. The van der Waals surface area contributed by atoms with Gasteiger partial charge in [-0.3, -0.25) is 4.79 Å². The lowest BCUT2D eigenvalue weighted by Gasteiger charge is -2.18. The lowest BCUT2D eigenvalue weighted by Crippen LogP contribution is -2.30. The molecule has 0 saturated heterocycles. The van der Waals surface area contributed by atoms with Crippen LogP contribution in [0.4, 0.5) is 0 Å². The van der Waals surface area contributed by atoms with E-state index in [1.165, 1.54) is 35.5 Å². The summed E-state index contributed by atoms with van der Waals surface area (Å²) in [6, 6.07) is 11.1. The van der Waals surface area contributed by atoms with Crippen LogP contribution in [0, 0.1) is 13.8 Å². The minimum Gasteiger partial charge on any atom is -0.451 e. The van der Waals surface area contributed by atoms with E-state index < -0.39 is 22.1 Å². The maximum atomic E-state index is 12.6. The van der Waals surface area contributed by atoms with E-state index in [0.717, 1.165) is 11.1 Å². The minimum absolute atomic E-state index is 0.109. The molecular formula is C22H27NO5S. The molecule has 0 bridgehead atoms. The fourth-order valence-corrected chi connectivity index (χ4v) is 4.44. The van der Waals surface area contributed by atoms with E-state index in [4.69, 9.17) is 4.74 Å². The van der Waals surface area contributed by atoms with Crippen LogP contribution in [0.25, 0.3) is 0 Å². The molecule has 6 nitrogen and oxygen atoms in total. The minimum atomic E-state index is -3.60. The first-order valence-electron chi connectivity index (χ1n) is 9.54. The third kappa shape index (κ3) is 5.10. The Bertz CT molecular complexity index is 992. The van der Waals surface area contributed by atoms with Crippen LogP contribution in [0.3, 0.4) is 0 Å². The zero-order chi connectivity index (χ0) is 21.8. The number of hydrogen-bond donors (Lipinski definition) is 0. The first-order chi connectivity index (χ1) is 13.6. The molecule has 29 heavy (non-hydrogen) atoms.